The number of hydrogen-bond donors (Lipinski definition) is 1. The van der Waals surface area contributed by atoms with Crippen LogP contribution in [0.15, 0.2) is 48.7 Å². The zero-order chi connectivity index (χ0) is 18.6. The number of carbonyl (C=O) groups is 1. The molecule has 1 aromatic heterocycles. The minimum absolute atomic E-state index is 0. The summed E-state index contributed by atoms with van der Waals surface area (Å²) >= 11 is 0. The largest absolute Gasteiger partial charge is 0.356 e. The van der Waals surface area contributed by atoms with Crippen molar-refractivity contribution in [1.82, 2.24) is 9.88 Å². The normalized spacial score (nSPS) is 21.3. The smallest absolute Gasteiger partial charge is 0.257 e. The fourth-order valence-electron chi connectivity index (χ4n) is 4.45. The summed E-state index contributed by atoms with van der Waals surface area (Å²) in [6.07, 6.45) is 5.38. The van der Waals surface area contributed by atoms with E-state index in [1.807, 2.05) is 23.1 Å². The van der Waals surface area contributed by atoms with E-state index in [0.717, 1.165) is 31.0 Å². The molecule has 0 radical (unpaired) electrons. The molecular weight excluding hydrogens is 407 g/mol. The molecule has 0 saturated carbocycles. The second-order valence-corrected chi connectivity index (χ2v) is 7.65. The predicted molar refractivity (Wildman–Crippen MR) is 122 cm³/mol. The second kappa shape index (κ2) is 10.8. The summed E-state index contributed by atoms with van der Waals surface area (Å²) in [6, 6.07) is 14.2. The summed E-state index contributed by atoms with van der Waals surface area (Å²) in [5.74, 6) is 1.52. The maximum absolute atomic E-state index is 13.4. The molecule has 7 heteroatoms. The third-order valence-corrected chi connectivity index (χ3v) is 5.93. The number of likely N-dealkylation sites (tertiary alicyclic amines) is 1. The lowest BCUT2D eigenvalue weighted by Crippen LogP contribution is -2.35. The van der Waals surface area contributed by atoms with Gasteiger partial charge >= 0.3 is 0 Å². The van der Waals surface area contributed by atoms with Crippen molar-refractivity contribution in [3.8, 4) is 0 Å². The van der Waals surface area contributed by atoms with Crippen molar-refractivity contribution in [2.75, 3.05) is 37.6 Å². The molecule has 29 heavy (non-hydrogen) atoms. The Labute approximate surface area is 185 Å². The van der Waals surface area contributed by atoms with E-state index >= 15 is 0 Å². The first-order chi connectivity index (χ1) is 13.3. The molecule has 5 nitrogen and oxygen atoms in total. The van der Waals surface area contributed by atoms with E-state index in [-0.39, 0.29) is 30.7 Å². The summed E-state index contributed by atoms with van der Waals surface area (Å²) in [4.78, 5) is 22.2. The highest BCUT2D eigenvalue weighted by atomic mass is 35.5. The predicted octanol–water partition coefficient (Wildman–Crippen LogP) is 3.73. The molecule has 1 aromatic carbocycles. The Hall–Kier alpha value is -1.82. The van der Waals surface area contributed by atoms with Crippen LogP contribution in [0.4, 0.5) is 5.82 Å². The lowest BCUT2D eigenvalue weighted by molar-refractivity contribution is 0.0786. The molecule has 2 aliphatic rings. The van der Waals surface area contributed by atoms with Crippen LogP contribution >= 0.6 is 24.8 Å². The number of pyridine rings is 1. The molecule has 1 amide bonds. The summed E-state index contributed by atoms with van der Waals surface area (Å²) in [5.41, 5.74) is 8.05. The topological polar surface area (TPSA) is 62.5 Å². The fraction of sp³-hybridized carbons (Fsp3) is 0.455. The molecular formula is C22H30Cl2N4O. The summed E-state index contributed by atoms with van der Waals surface area (Å²) < 4.78 is 0. The SMILES string of the molecule is Cl.Cl.NC[C@@H]1CN(C(=O)c2cccnc2N2CCCCC2)C[C@H]1c1ccccc1. The number of aromatic nitrogens is 1. The third-order valence-electron chi connectivity index (χ3n) is 5.93. The van der Waals surface area contributed by atoms with Crippen molar-refractivity contribution in [2.45, 2.75) is 25.2 Å². The van der Waals surface area contributed by atoms with Gasteiger partial charge in [-0.1, -0.05) is 30.3 Å². The zero-order valence-electron chi connectivity index (χ0n) is 16.6. The molecule has 2 N–H and O–H groups in total. The number of carbonyl (C=O) groups excluding carboxylic acids is 1. The van der Waals surface area contributed by atoms with Gasteiger partial charge in [-0.15, -0.1) is 24.8 Å². The van der Waals surface area contributed by atoms with Crippen LogP contribution in [-0.4, -0.2) is 48.5 Å². The number of nitrogens with zero attached hydrogens (tertiary/aromatic N) is 3. The van der Waals surface area contributed by atoms with Gasteiger partial charge in [0.05, 0.1) is 5.56 Å². The van der Waals surface area contributed by atoms with E-state index < -0.39 is 0 Å². The Morgan fingerprint density at radius 1 is 1.00 bits per heavy atom. The van der Waals surface area contributed by atoms with E-state index in [9.17, 15) is 4.79 Å². The Kier molecular flexibility index (Phi) is 8.75. The number of nitrogens with two attached hydrogens (primary N) is 1. The van der Waals surface area contributed by atoms with Crippen LogP contribution in [0.25, 0.3) is 0 Å². The Balaban J connectivity index is 0.00000150. The molecule has 0 aliphatic carbocycles. The highest BCUT2D eigenvalue weighted by molar-refractivity contribution is 5.99. The summed E-state index contributed by atoms with van der Waals surface area (Å²) in [6.45, 7) is 3.99. The number of halogens is 2. The lowest BCUT2D eigenvalue weighted by Gasteiger charge is -2.30. The molecule has 0 unspecified atom stereocenters. The second-order valence-electron chi connectivity index (χ2n) is 7.65. The standard InChI is InChI=1S/C22H28N4O.2ClH/c23-14-18-15-26(16-20(18)17-8-3-1-4-9-17)22(27)19-10-7-11-24-21(19)25-12-5-2-6-13-25;;/h1,3-4,7-11,18,20H,2,5-6,12-16,23H2;2*1H/t18-,20+;;/m1../s1. The van der Waals surface area contributed by atoms with Gasteiger partial charge < -0.3 is 15.5 Å². The molecule has 4 rings (SSSR count). The minimum atomic E-state index is 0. The Bertz CT molecular complexity index is 783. The number of amides is 1. The van der Waals surface area contributed by atoms with E-state index in [2.05, 4.69) is 34.1 Å². The van der Waals surface area contributed by atoms with Gasteiger partial charge in [0.1, 0.15) is 5.82 Å². The van der Waals surface area contributed by atoms with Gasteiger partial charge in [-0.05, 0) is 49.4 Å². The molecule has 3 heterocycles. The van der Waals surface area contributed by atoms with Crippen molar-refractivity contribution in [3.63, 3.8) is 0 Å². The van der Waals surface area contributed by atoms with Crippen molar-refractivity contribution in [1.29, 1.82) is 0 Å². The first-order valence-corrected chi connectivity index (χ1v) is 10.0. The number of piperidine rings is 1. The summed E-state index contributed by atoms with van der Waals surface area (Å²) in [5, 5.41) is 0. The molecule has 2 fully saturated rings. The van der Waals surface area contributed by atoms with Gasteiger partial charge in [-0.25, -0.2) is 4.98 Å². The van der Waals surface area contributed by atoms with Crippen molar-refractivity contribution >= 4 is 36.5 Å². The molecule has 0 spiro atoms. The van der Waals surface area contributed by atoms with Gasteiger partial charge in [-0.2, -0.15) is 0 Å². The fourth-order valence-corrected chi connectivity index (χ4v) is 4.45. The molecule has 2 aliphatic heterocycles. The molecule has 0 bridgehead atoms. The van der Waals surface area contributed by atoms with Crippen LogP contribution in [-0.2, 0) is 0 Å². The Morgan fingerprint density at radius 3 is 2.41 bits per heavy atom. The average Bonchev–Trinajstić information content (AvgIpc) is 3.19. The number of benzene rings is 1. The number of anilines is 1. The molecule has 2 atom stereocenters. The van der Waals surface area contributed by atoms with E-state index in [0.29, 0.717) is 24.9 Å². The van der Waals surface area contributed by atoms with E-state index in [4.69, 9.17) is 5.73 Å². The highest BCUT2D eigenvalue weighted by Gasteiger charge is 2.36. The first kappa shape index (κ1) is 23.5. The first-order valence-electron chi connectivity index (χ1n) is 10.0. The van der Waals surface area contributed by atoms with Crippen LogP contribution in [0.3, 0.4) is 0 Å². The monoisotopic (exact) mass is 436 g/mol. The molecule has 2 aromatic rings. The summed E-state index contributed by atoms with van der Waals surface area (Å²) in [7, 11) is 0. The van der Waals surface area contributed by atoms with Crippen LogP contribution in [0.5, 0.6) is 0 Å². The van der Waals surface area contributed by atoms with E-state index in [1.165, 1.54) is 24.8 Å². The van der Waals surface area contributed by atoms with Crippen molar-refractivity contribution in [3.05, 3.63) is 59.8 Å². The zero-order valence-corrected chi connectivity index (χ0v) is 18.2. The minimum Gasteiger partial charge on any atom is -0.356 e. The highest BCUT2D eigenvalue weighted by Crippen LogP contribution is 2.34. The average molecular weight is 437 g/mol. The van der Waals surface area contributed by atoms with Gasteiger partial charge in [0.2, 0.25) is 0 Å². The Morgan fingerprint density at radius 2 is 1.72 bits per heavy atom. The van der Waals surface area contributed by atoms with Gasteiger partial charge in [0.15, 0.2) is 0 Å². The molecule has 2 saturated heterocycles. The quantitative estimate of drug-likeness (QED) is 0.792. The van der Waals surface area contributed by atoms with Crippen LogP contribution in [0.1, 0.15) is 41.1 Å². The molecule has 158 valence electrons. The van der Waals surface area contributed by atoms with Gasteiger partial charge in [0, 0.05) is 38.3 Å². The number of rotatable bonds is 4. The number of hydrogen-bond acceptors (Lipinski definition) is 4. The van der Waals surface area contributed by atoms with Crippen LogP contribution in [0.2, 0.25) is 0 Å². The maximum atomic E-state index is 13.4. The van der Waals surface area contributed by atoms with Gasteiger partial charge in [-0.3, -0.25) is 4.79 Å². The van der Waals surface area contributed by atoms with Gasteiger partial charge in [0.25, 0.3) is 5.91 Å². The van der Waals surface area contributed by atoms with Crippen molar-refractivity contribution in [2.24, 2.45) is 11.7 Å². The lowest BCUT2D eigenvalue weighted by atomic mass is 9.89. The third kappa shape index (κ3) is 5.03. The van der Waals surface area contributed by atoms with Crippen LogP contribution < -0.4 is 10.6 Å². The van der Waals surface area contributed by atoms with E-state index in [1.54, 1.807) is 6.20 Å². The maximum Gasteiger partial charge on any atom is 0.257 e. The van der Waals surface area contributed by atoms with Crippen LogP contribution in [0, 0.1) is 5.92 Å². The van der Waals surface area contributed by atoms with Crippen molar-refractivity contribution < 1.29 is 4.79 Å².